The molecule has 1 aromatic carbocycles. The number of halogens is 2. The van der Waals surface area contributed by atoms with Gasteiger partial charge in [0.05, 0.1) is 17.3 Å². The van der Waals surface area contributed by atoms with E-state index in [0.717, 1.165) is 4.47 Å². The molecule has 2 N–H and O–H groups in total. The molecule has 0 spiro atoms. The van der Waals surface area contributed by atoms with Crippen LogP contribution in [0.1, 0.15) is 0 Å². The highest BCUT2D eigenvalue weighted by Crippen LogP contribution is 2.26. The summed E-state index contributed by atoms with van der Waals surface area (Å²) in [5.74, 6) is -0.599. The number of rotatable bonds is 3. The van der Waals surface area contributed by atoms with Crippen molar-refractivity contribution >= 4 is 43.5 Å². The molecule has 88 valence electrons. The van der Waals surface area contributed by atoms with Crippen LogP contribution >= 0.6 is 31.9 Å². The molecule has 4 nitrogen and oxygen atoms in total. The molecule has 0 aliphatic carbocycles. The van der Waals surface area contributed by atoms with Crippen LogP contribution in [-0.2, 0) is 4.79 Å². The highest BCUT2D eigenvalue weighted by molar-refractivity contribution is 9.11. The number of anilines is 1. The number of aliphatic hydroxyl groups excluding tert-OH is 1. The van der Waals surface area contributed by atoms with Crippen molar-refractivity contribution in [2.75, 3.05) is 5.32 Å². The van der Waals surface area contributed by atoms with Crippen LogP contribution in [0.4, 0.5) is 5.69 Å². The summed E-state index contributed by atoms with van der Waals surface area (Å²) in [5.41, 5.74) is 0.329. The van der Waals surface area contributed by atoms with Crippen LogP contribution < -0.4 is 5.32 Å². The van der Waals surface area contributed by atoms with E-state index in [2.05, 4.69) is 43.8 Å². The van der Waals surface area contributed by atoms with Crippen LogP contribution in [0.15, 0.2) is 39.3 Å². The number of nitrogens with zero attached hydrogens (tertiary/aromatic N) is 1. The fourth-order valence-electron chi connectivity index (χ4n) is 0.998. The lowest BCUT2D eigenvalue weighted by molar-refractivity contribution is -0.113. The summed E-state index contributed by atoms with van der Waals surface area (Å²) in [7, 11) is 0. The maximum Gasteiger partial charge on any atom is 0.254 e. The quantitative estimate of drug-likeness (QED) is 0.643. The molecule has 0 fully saturated rings. The van der Waals surface area contributed by atoms with Gasteiger partial charge in [0.2, 0.25) is 0 Å². The molecule has 0 aliphatic rings. The first-order valence-electron chi connectivity index (χ1n) is 4.48. The van der Waals surface area contributed by atoms with Gasteiger partial charge in [0, 0.05) is 8.95 Å². The number of amides is 1. The summed E-state index contributed by atoms with van der Waals surface area (Å²) >= 11 is 6.54. The van der Waals surface area contributed by atoms with Crippen LogP contribution in [0, 0.1) is 11.3 Å². The van der Waals surface area contributed by atoms with Crippen LogP contribution in [0.25, 0.3) is 0 Å². The van der Waals surface area contributed by atoms with E-state index >= 15 is 0 Å². The molecule has 6 heteroatoms. The van der Waals surface area contributed by atoms with Crippen molar-refractivity contribution in [3.05, 3.63) is 39.3 Å². The Labute approximate surface area is 115 Å². The molecule has 1 rings (SSSR count). The zero-order valence-corrected chi connectivity index (χ0v) is 11.7. The third kappa shape index (κ3) is 3.66. The lowest BCUT2D eigenvalue weighted by atomic mass is 10.1. The van der Waals surface area contributed by atoms with Crippen molar-refractivity contribution in [1.82, 2.24) is 0 Å². The maximum atomic E-state index is 11.6. The molecule has 17 heavy (non-hydrogen) atoms. The van der Waals surface area contributed by atoms with E-state index in [9.17, 15) is 4.79 Å². The Balaban J connectivity index is 2.85. The summed E-state index contributed by atoms with van der Waals surface area (Å²) in [4.78, 5) is 11.6. The number of benzene rings is 1. The predicted octanol–water partition coefficient (Wildman–Crippen LogP) is 2.59. The third-order valence-corrected chi connectivity index (χ3v) is 3.11. The fraction of sp³-hybridized carbons (Fsp3) is 0.0909. The average molecular weight is 360 g/mol. The second-order valence-electron chi connectivity index (χ2n) is 3.14. The molecule has 0 heterocycles. The number of nitriles is 1. The molecule has 1 aromatic rings. The van der Waals surface area contributed by atoms with Crippen molar-refractivity contribution in [2.45, 2.75) is 6.10 Å². The van der Waals surface area contributed by atoms with Gasteiger partial charge in [-0.3, -0.25) is 4.79 Å². The standard InChI is InChI=1S/C11H8Br2N2O2/c1-6(10(16)5-14)11(17)15-9-4-7(12)2-3-8(9)13/h2-4,10,16H,1H2,(H,15,17). The van der Waals surface area contributed by atoms with Crippen molar-refractivity contribution in [3.8, 4) is 6.07 Å². The van der Waals surface area contributed by atoms with Gasteiger partial charge < -0.3 is 10.4 Å². The van der Waals surface area contributed by atoms with Crippen LogP contribution in [-0.4, -0.2) is 17.1 Å². The second-order valence-corrected chi connectivity index (χ2v) is 4.91. The van der Waals surface area contributed by atoms with Gasteiger partial charge in [0.15, 0.2) is 6.10 Å². The number of aliphatic hydroxyl groups is 1. The number of hydrogen-bond acceptors (Lipinski definition) is 3. The Kier molecular flexibility index (Phi) is 4.87. The van der Waals surface area contributed by atoms with Crippen LogP contribution in [0.5, 0.6) is 0 Å². The monoisotopic (exact) mass is 358 g/mol. The number of carbonyl (C=O) groups excluding carboxylic acids is 1. The maximum absolute atomic E-state index is 11.6. The number of hydrogen-bond donors (Lipinski definition) is 2. The molecule has 0 aromatic heterocycles. The predicted molar refractivity (Wildman–Crippen MR) is 71.2 cm³/mol. The Morgan fingerprint density at radius 2 is 2.18 bits per heavy atom. The van der Waals surface area contributed by atoms with E-state index in [1.165, 1.54) is 6.07 Å². The van der Waals surface area contributed by atoms with Gasteiger partial charge in [0.25, 0.3) is 5.91 Å². The topological polar surface area (TPSA) is 73.1 Å². The molecule has 1 atom stereocenters. The average Bonchev–Trinajstić information content (AvgIpc) is 2.31. The number of nitrogens with one attached hydrogen (secondary N) is 1. The minimum absolute atomic E-state index is 0.195. The SMILES string of the molecule is C=C(C(=O)Nc1cc(Br)ccc1Br)C(O)C#N. The van der Waals surface area contributed by atoms with Gasteiger partial charge in [-0.05, 0) is 34.1 Å². The molecule has 0 radical (unpaired) electrons. The van der Waals surface area contributed by atoms with Crippen LogP contribution in [0.3, 0.4) is 0 Å². The fourth-order valence-corrected chi connectivity index (χ4v) is 1.70. The van der Waals surface area contributed by atoms with E-state index in [1.807, 2.05) is 0 Å². The molecular weight excluding hydrogens is 352 g/mol. The Morgan fingerprint density at radius 3 is 2.76 bits per heavy atom. The van der Waals surface area contributed by atoms with Gasteiger partial charge in [-0.25, -0.2) is 0 Å². The van der Waals surface area contributed by atoms with Crippen molar-refractivity contribution in [1.29, 1.82) is 5.26 Å². The normalized spacial score (nSPS) is 11.4. The first-order valence-corrected chi connectivity index (χ1v) is 6.07. The van der Waals surface area contributed by atoms with E-state index in [-0.39, 0.29) is 5.57 Å². The summed E-state index contributed by atoms with van der Waals surface area (Å²) in [6, 6.07) is 6.78. The van der Waals surface area contributed by atoms with E-state index in [4.69, 9.17) is 10.4 Å². The summed E-state index contributed by atoms with van der Waals surface area (Å²) in [6.07, 6.45) is -1.50. The van der Waals surface area contributed by atoms with Gasteiger partial charge >= 0.3 is 0 Å². The van der Waals surface area contributed by atoms with Gasteiger partial charge in [0.1, 0.15) is 0 Å². The number of carbonyl (C=O) groups is 1. The highest BCUT2D eigenvalue weighted by Gasteiger charge is 2.16. The Morgan fingerprint density at radius 1 is 1.53 bits per heavy atom. The van der Waals surface area contributed by atoms with E-state index in [0.29, 0.717) is 10.2 Å². The minimum atomic E-state index is -1.50. The Bertz CT molecular complexity index is 509. The summed E-state index contributed by atoms with van der Waals surface area (Å²) in [5, 5.41) is 20.2. The smallest absolute Gasteiger partial charge is 0.254 e. The molecule has 0 saturated heterocycles. The van der Waals surface area contributed by atoms with Gasteiger partial charge in [-0.1, -0.05) is 22.5 Å². The minimum Gasteiger partial charge on any atom is -0.374 e. The molecule has 1 unspecified atom stereocenters. The second kappa shape index (κ2) is 5.96. The molecular formula is C11H8Br2N2O2. The lowest BCUT2D eigenvalue weighted by Gasteiger charge is -2.10. The first-order chi connectivity index (χ1) is 7.95. The van der Waals surface area contributed by atoms with Crippen molar-refractivity contribution in [3.63, 3.8) is 0 Å². The van der Waals surface area contributed by atoms with Crippen molar-refractivity contribution < 1.29 is 9.90 Å². The Hall–Kier alpha value is -1.16. The van der Waals surface area contributed by atoms with Gasteiger partial charge in [-0.15, -0.1) is 0 Å². The zero-order chi connectivity index (χ0) is 13.0. The molecule has 0 aliphatic heterocycles. The largest absolute Gasteiger partial charge is 0.374 e. The first kappa shape index (κ1) is 13.9. The highest BCUT2D eigenvalue weighted by atomic mass is 79.9. The third-order valence-electron chi connectivity index (χ3n) is 1.92. The van der Waals surface area contributed by atoms with Gasteiger partial charge in [-0.2, -0.15) is 5.26 Å². The van der Waals surface area contributed by atoms with E-state index < -0.39 is 12.0 Å². The summed E-state index contributed by atoms with van der Waals surface area (Å²) < 4.78 is 1.48. The molecule has 0 saturated carbocycles. The molecule has 0 bridgehead atoms. The zero-order valence-electron chi connectivity index (χ0n) is 8.58. The molecule has 1 amide bonds. The lowest BCUT2D eigenvalue weighted by Crippen LogP contribution is -2.22. The van der Waals surface area contributed by atoms with Crippen LogP contribution in [0.2, 0.25) is 0 Å². The van der Waals surface area contributed by atoms with E-state index in [1.54, 1.807) is 18.2 Å². The van der Waals surface area contributed by atoms with Crippen molar-refractivity contribution in [2.24, 2.45) is 0 Å². The summed E-state index contributed by atoms with van der Waals surface area (Å²) in [6.45, 7) is 3.36.